The van der Waals surface area contributed by atoms with Crippen LogP contribution in [-0.4, -0.2) is 6.10 Å². The summed E-state index contributed by atoms with van der Waals surface area (Å²) in [5.74, 6) is 0. The molecule has 0 saturated heterocycles. The second-order valence-electron chi connectivity index (χ2n) is 3.89. The highest BCUT2D eigenvalue weighted by molar-refractivity contribution is 4.51. The minimum Gasteiger partial charge on any atom is -0.376 e. The topological polar surface area (TPSA) is 9.23 Å². The summed E-state index contributed by atoms with van der Waals surface area (Å²) >= 11 is 0. The average molecular weight is 185 g/mol. The molecule has 1 atom stereocenters. The van der Waals surface area contributed by atoms with E-state index in [0.717, 1.165) is 6.42 Å². The van der Waals surface area contributed by atoms with E-state index in [4.69, 9.17) is 4.74 Å². The van der Waals surface area contributed by atoms with Gasteiger partial charge in [-0.25, -0.2) is 0 Å². The fourth-order valence-electron chi connectivity index (χ4n) is 1.47. The fourth-order valence-corrected chi connectivity index (χ4v) is 1.47. The fraction of sp³-hybridized carbons (Fsp3) is 0.917. The van der Waals surface area contributed by atoms with Gasteiger partial charge in [-0.05, 0) is 13.3 Å². The Morgan fingerprint density at radius 2 is 1.54 bits per heavy atom. The molecular weight excluding hydrogens is 160 g/mol. The van der Waals surface area contributed by atoms with Gasteiger partial charge in [-0.1, -0.05) is 51.9 Å². The molecule has 0 rings (SSSR count). The van der Waals surface area contributed by atoms with Crippen molar-refractivity contribution >= 4 is 0 Å². The molecule has 0 aliphatic heterocycles. The molecule has 0 amide bonds. The van der Waals surface area contributed by atoms with Crippen LogP contribution < -0.4 is 0 Å². The second kappa shape index (κ2) is 10.0. The highest BCUT2D eigenvalue weighted by Gasteiger charge is 1.98. The number of ether oxygens (including phenoxy) is 1. The highest BCUT2D eigenvalue weighted by Crippen LogP contribution is 2.10. The molecule has 0 spiro atoms. The van der Waals surface area contributed by atoms with Crippen LogP contribution in [0.25, 0.3) is 0 Å². The Morgan fingerprint density at radius 1 is 1.00 bits per heavy atom. The van der Waals surface area contributed by atoms with E-state index in [1.165, 1.54) is 44.9 Å². The molecule has 0 saturated carbocycles. The first-order valence-electron chi connectivity index (χ1n) is 5.72. The molecule has 1 nitrogen and oxygen atoms in total. The smallest absolute Gasteiger partial charge is 0.0704 e. The molecule has 0 bridgehead atoms. The zero-order valence-electron chi connectivity index (χ0n) is 9.35. The van der Waals surface area contributed by atoms with Gasteiger partial charge in [0.15, 0.2) is 0 Å². The van der Waals surface area contributed by atoms with Crippen LogP contribution in [0, 0.1) is 7.11 Å². The molecule has 1 radical (unpaired) electrons. The first kappa shape index (κ1) is 13.0. The van der Waals surface area contributed by atoms with Crippen LogP contribution >= 0.6 is 0 Å². The van der Waals surface area contributed by atoms with Gasteiger partial charge in [-0.2, -0.15) is 0 Å². The molecule has 0 fully saturated rings. The summed E-state index contributed by atoms with van der Waals surface area (Å²) in [5.41, 5.74) is 0. The quantitative estimate of drug-likeness (QED) is 0.486. The maximum absolute atomic E-state index is 4.95. The van der Waals surface area contributed by atoms with Crippen LogP contribution in [0.15, 0.2) is 0 Å². The van der Waals surface area contributed by atoms with E-state index < -0.39 is 0 Å². The molecule has 0 aromatic heterocycles. The molecule has 0 N–H and O–H groups in total. The van der Waals surface area contributed by atoms with E-state index in [0.29, 0.717) is 6.10 Å². The highest BCUT2D eigenvalue weighted by atomic mass is 16.5. The molecule has 0 aromatic rings. The molecular formula is C12H25O. The monoisotopic (exact) mass is 185 g/mol. The van der Waals surface area contributed by atoms with Crippen molar-refractivity contribution in [3.05, 3.63) is 7.11 Å². The Balaban J connectivity index is 2.91. The van der Waals surface area contributed by atoms with Gasteiger partial charge in [0.1, 0.15) is 0 Å². The van der Waals surface area contributed by atoms with Gasteiger partial charge in [0.25, 0.3) is 0 Å². The Hall–Kier alpha value is -0.0400. The first-order chi connectivity index (χ1) is 6.31. The number of rotatable bonds is 9. The molecule has 13 heavy (non-hydrogen) atoms. The summed E-state index contributed by atoms with van der Waals surface area (Å²) in [6.45, 7) is 4.34. The van der Waals surface area contributed by atoms with Gasteiger partial charge in [0.05, 0.1) is 13.2 Å². The molecule has 0 heterocycles. The van der Waals surface area contributed by atoms with Crippen molar-refractivity contribution in [3.63, 3.8) is 0 Å². The van der Waals surface area contributed by atoms with Crippen molar-refractivity contribution in [2.75, 3.05) is 0 Å². The summed E-state index contributed by atoms with van der Waals surface area (Å²) in [7, 11) is 3.43. The van der Waals surface area contributed by atoms with Crippen molar-refractivity contribution in [1.82, 2.24) is 0 Å². The van der Waals surface area contributed by atoms with Crippen molar-refractivity contribution < 1.29 is 4.74 Å². The zero-order valence-corrected chi connectivity index (χ0v) is 9.35. The SMILES string of the molecule is [CH2]OC(C)CCCCCCCCC. The van der Waals surface area contributed by atoms with E-state index in [-0.39, 0.29) is 0 Å². The predicted molar refractivity (Wildman–Crippen MR) is 58.5 cm³/mol. The van der Waals surface area contributed by atoms with Crippen molar-refractivity contribution in [1.29, 1.82) is 0 Å². The van der Waals surface area contributed by atoms with Crippen LogP contribution in [0.4, 0.5) is 0 Å². The lowest BCUT2D eigenvalue weighted by atomic mass is 10.1. The molecule has 1 unspecified atom stereocenters. The lowest BCUT2D eigenvalue weighted by Gasteiger charge is -2.07. The van der Waals surface area contributed by atoms with Crippen LogP contribution in [0.2, 0.25) is 0 Å². The number of hydrogen-bond acceptors (Lipinski definition) is 1. The maximum Gasteiger partial charge on any atom is 0.0704 e. The van der Waals surface area contributed by atoms with Crippen LogP contribution in [0.1, 0.15) is 65.2 Å². The van der Waals surface area contributed by atoms with Gasteiger partial charge >= 0.3 is 0 Å². The van der Waals surface area contributed by atoms with Crippen LogP contribution in [0.3, 0.4) is 0 Å². The number of unbranched alkanes of at least 4 members (excludes halogenated alkanes) is 6. The largest absolute Gasteiger partial charge is 0.376 e. The molecule has 0 aliphatic carbocycles. The first-order valence-corrected chi connectivity index (χ1v) is 5.72. The molecule has 1 heteroatoms. The summed E-state index contributed by atoms with van der Waals surface area (Å²) in [5, 5.41) is 0. The van der Waals surface area contributed by atoms with Gasteiger partial charge in [0.2, 0.25) is 0 Å². The standard InChI is InChI=1S/C12H25O/c1-4-5-6-7-8-9-10-11-12(2)13-3/h12H,3-11H2,1-2H3. The normalized spacial score (nSPS) is 13.2. The third kappa shape index (κ3) is 9.88. The minimum atomic E-state index is 0.343. The predicted octanol–water partition coefficient (Wildman–Crippen LogP) is 4.32. The summed E-state index contributed by atoms with van der Waals surface area (Å²) in [4.78, 5) is 0. The van der Waals surface area contributed by atoms with Crippen LogP contribution in [0.5, 0.6) is 0 Å². The zero-order chi connectivity index (χ0) is 9.94. The average Bonchev–Trinajstić information content (AvgIpc) is 2.16. The third-order valence-corrected chi connectivity index (χ3v) is 2.50. The molecule has 79 valence electrons. The van der Waals surface area contributed by atoms with E-state index in [9.17, 15) is 0 Å². The van der Waals surface area contributed by atoms with Crippen molar-refractivity contribution in [2.24, 2.45) is 0 Å². The van der Waals surface area contributed by atoms with E-state index in [1.807, 2.05) is 0 Å². The van der Waals surface area contributed by atoms with E-state index >= 15 is 0 Å². The lowest BCUT2D eigenvalue weighted by Crippen LogP contribution is -2.02. The number of hydrogen-bond donors (Lipinski definition) is 0. The van der Waals surface area contributed by atoms with Gasteiger partial charge < -0.3 is 4.74 Å². The molecule has 0 aromatic carbocycles. The Kier molecular flexibility index (Phi) is 10.0. The summed E-state index contributed by atoms with van der Waals surface area (Å²) in [6, 6.07) is 0. The van der Waals surface area contributed by atoms with Crippen molar-refractivity contribution in [2.45, 2.75) is 71.3 Å². The van der Waals surface area contributed by atoms with Gasteiger partial charge in [-0.3, -0.25) is 0 Å². The second-order valence-corrected chi connectivity index (χ2v) is 3.89. The maximum atomic E-state index is 4.95. The van der Waals surface area contributed by atoms with Crippen molar-refractivity contribution in [3.8, 4) is 0 Å². The van der Waals surface area contributed by atoms with E-state index in [2.05, 4.69) is 21.0 Å². The Bertz CT molecular complexity index is 91.1. The van der Waals surface area contributed by atoms with Gasteiger partial charge in [0, 0.05) is 0 Å². The lowest BCUT2D eigenvalue weighted by molar-refractivity contribution is 0.143. The third-order valence-electron chi connectivity index (χ3n) is 2.50. The minimum absolute atomic E-state index is 0.343. The Morgan fingerprint density at radius 3 is 2.08 bits per heavy atom. The molecule has 0 aliphatic rings. The summed E-state index contributed by atoms with van der Waals surface area (Å²) < 4.78 is 4.95. The van der Waals surface area contributed by atoms with E-state index in [1.54, 1.807) is 0 Å². The summed E-state index contributed by atoms with van der Waals surface area (Å²) in [6.07, 6.45) is 11.1. The van der Waals surface area contributed by atoms with Gasteiger partial charge in [-0.15, -0.1) is 0 Å². The van der Waals surface area contributed by atoms with Crippen LogP contribution in [-0.2, 0) is 4.74 Å². The Labute approximate surface area is 83.9 Å².